The van der Waals surface area contributed by atoms with Gasteiger partial charge in [-0.15, -0.1) is 0 Å². The van der Waals surface area contributed by atoms with E-state index in [-0.39, 0.29) is 11.7 Å². The molecule has 1 unspecified atom stereocenters. The Kier molecular flexibility index (Phi) is 4.92. The van der Waals surface area contributed by atoms with Crippen LogP contribution in [-0.4, -0.2) is 37.9 Å². The molecule has 1 heterocycles. The second-order valence-electron chi connectivity index (χ2n) is 4.89. The second-order valence-corrected chi connectivity index (χ2v) is 6.98. The Labute approximate surface area is 98.1 Å². The number of rotatable bonds is 5. The Morgan fingerprint density at radius 3 is 2.69 bits per heavy atom. The van der Waals surface area contributed by atoms with E-state index in [9.17, 15) is 13.2 Å². The molecule has 1 aliphatic rings. The van der Waals surface area contributed by atoms with Crippen LogP contribution in [0.15, 0.2) is 0 Å². The Morgan fingerprint density at radius 2 is 2.12 bits per heavy atom. The summed E-state index contributed by atoms with van der Waals surface area (Å²) in [6.07, 6.45) is 3.18. The summed E-state index contributed by atoms with van der Waals surface area (Å²) >= 11 is 0. The van der Waals surface area contributed by atoms with Crippen molar-refractivity contribution in [3.05, 3.63) is 0 Å². The SMILES string of the molecule is CC(C)CCS(=O)(=O)N1CCCC(C=O)C1. The van der Waals surface area contributed by atoms with Gasteiger partial charge in [0.1, 0.15) is 6.29 Å². The van der Waals surface area contributed by atoms with Crippen molar-refractivity contribution in [3.63, 3.8) is 0 Å². The lowest BCUT2D eigenvalue weighted by Gasteiger charge is -2.29. The summed E-state index contributed by atoms with van der Waals surface area (Å²) in [7, 11) is -3.15. The summed E-state index contributed by atoms with van der Waals surface area (Å²) in [6.45, 7) is 4.98. The molecule has 1 rings (SSSR count). The highest BCUT2D eigenvalue weighted by Gasteiger charge is 2.28. The first-order chi connectivity index (χ1) is 7.45. The highest BCUT2D eigenvalue weighted by molar-refractivity contribution is 7.89. The van der Waals surface area contributed by atoms with Crippen LogP contribution < -0.4 is 0 Å². The third-order valence-electron chi connectivity index (χ3n) is 2.96. The van der Waals surface area contributed by atoms with Crippen molar-refractivity contribution in [2.75, 3.05) is 18.8 Å². The van der Waals surface area contributed by atoms with E-state index in [1.54, 1.807) is 0 Å². The molecule has 16 heavy (non-hydrogen) atoms. The second kappa shape index (κ2) is 5.77. The van der Waals surface area contributed by atoms with Crippen molar-refractivity contribution >= 4 is 16.3 Å². The first-order valence-corrected chi connectivity index (χ1v) is 7.49. The Morgan fingerprint density at radius 1 is 1.44 bits per heavy atom. The topological polar surface area (TPSA) is 54.5 Å². The maximum atomic E-state index is 12.0. The monoisotopic (exact) mass is 247 g/mol. The highest BCUT2D eigenvalue weighted by Crippen LogP contribution is 2.18. The molecular formula is C11H21NO3S. The fourth-order valence-corrected chi connectivity index (χ4v) is 3.70. The highest BCUT2D eigenvalue weighted by atomic mass is 32.2. The fraction of sp³-hybridized carbons (Fsp3) is 0.909. The van der Waals surface area contributed by atoms with E-state index in [2.05, 4.69) is 0 Å². The van der Waals surface area contributed by atoms with Crippen molar-refractivity contribution in [3.8, 4) is 0 Å². The molecule has 0 radical (unpaired) electrons. The van der Waals surface area contributed by atoms with Crippen LogP contribution in [-0.2, 0) is 14.8 Å². The maximum Gasteiger partial charge on any atom is 0.214 e. The molecule has 0 aliphatic carbocycles. The quantitative estimate of drug-likeness (QED) is 0.688. The third kappa shape index (κ3) is 3.87. The van der Waals surface area contributed by atoms with Gasteiger partial charge in [-0.05, 0) is 25.2 Å². The number of carbonyl (C=O) groups excluding carboxylic acids is 1. The first-order valence-electron chi connectivity index (χ1n) is 5.89. The van der Waals surface area contributed by atoms with Crippen LogP contribution >= 0.6 is 0 Å². The molecule has 1 fully saturated rings. The number of aldehydes is 1. The van der Waals surface area contributed by atoms with Crippen molar-refractivity contribution in [1.29, 1.82) is 0 Å². The van der Waals surface area contributed by atoms with Gasteiger partial charge < -0.3 is 4.79 Å². The van der Waals surface area contributed by atoms with Crippen molar-refractivity contribution in [1.82, 2.24) is 4.31 Å². The Balaban J connectivity index is 2.57. The van der Waals surface area contributed by atoms with Crippen molar-refractivity contribution < 1.29 is 13.2 Å². The lowest BCUT2D eigenvalue weighted by atomic mass is 10.0. The normalized spacial score (nSPS) is 23.6. The number of hydrogen-bond donors (Lipinski definition) is 0. The summed E-state index contributed by atoms with van der Waals surface area (Å²) in [5, 5.41) is 0. The van der Waals surface area contributed by atoms with Gasteiger partial charge in [-0.25, -0.2) is 12.7 Å². The van der Waals surface area contributed by atoms with Crippen LogP contribution in [0.25, 0.3) is 0 Å². The van der Waals surface area contributed by atoms with Gasteiger partial charge in [-0.1, -0.05) is 13.8 Å². The molecule has 0 bridgehead atoms. The molecule has 0 aromatic rings. The van der Waals surface area contributed by atoms with Crippen LogP contribution in [0.3, 0.4) is 0 Å². The zero-order valence-corrected chi connectivity index (χ0v) is 10.9. The molecule has 0 aromatic carbocycles. The third-order valence-corrected chi connectivity index (χ3v) is 4.83. The van der Waals surface area contributed by atoms with E-state index in [0.29, 0.717) is 25.4 Å². The smallest absolute Gasteiger partial charge is 0.214 e. The average Bonchev–Trinajstić information content (AvgIpc) is 2.27. The van der Waals surface area contributed by atoms with E-state index in [1.807, 2.05) is 13.8 Å². The number of piperidine rings is 1. The fourth-order valence-electron chi connectivity index (χ4n) is 1.85. The van der Waals surface area contributed by atoms with E-state index in [4.69, 9.17) is 0 Å². The molecule has 1 atom stereocenters. The zero-order valence-electron chi connectivity index (χ0n) is 10.1. The molecule has 1 saturated heterocycles. The van der Waals surface area contributed by atoms with E-state index in [0.717, 1.165) is 19.1 Å². The number of nitrogens with zero attached hydrogens (tertiary/aromatic N) is 1. The summed E-state index contributed by atoms with van der Waals surface area (Å²) in [5.41, 5.74) is 0. The summed E-state index contributed by atoms with van der Waals surface area (Å²) < 4.78 is 25.4. The van der Waals surface area contributed by atoms with Gasteiger partial charge in [-0.3, -0.25) is 0 Å². The number of carbonyl (C=O) groups is 1. The predicted molar refractivity (Wildman–Crippen MR) is 63.6 cm³/mol. The first kappa shape index (κ1) is 13.6. The summed E-state index contributed by atoms with van der Waals surface area (Å²) in [5.74, 6) is 0.486. The largest absolute Gasteiger partial charge is 0.303 e. The van der Waals surface area contributed by atoms with Gasteiger partial charge in [0.2, 0.25) is 10.0 Å². The molecule has 0 N–H and O–H groups in total. The maximum absolute atomic E-state index is 12.0. The summed E-state index contributed by atoms with van der Waals surface area (Å²) in [4.78, 5) is 10.7. The number of sulfonamides is 1. The van der Waals surface area contributed by atoms with Crippen LogP contribution in [0.5, 0.6) is 0 Å². The molecule has 94 valence electrons. The van der Waals surface area contributed by atoms with Crippen LogP contribution in [0.2, 0.25) is 0 Å². The van der Waals surface area contributed by atoms with Gasteiger partial charge in [0.25, 0.3) is 0 Å². The Hall–Kier alpha value is -0.420. The van der Waals surface area contributed by atoms with Crippen molar-refractivity contribution in [2.45, 2.75) is 33.1 Å². The average molecular weight is 247 g/mol. The van der Waals surface area contributed by atoms with Crippen LogP contribution in [0.4, 0.5) is 0 Å². The van der Waals surface area contributed by atoms with E-state index >= 15 is 0 Å². The number of hydrogen-bond acceptors (Lipinski definition) is 3. The zero-order chi connectivity index (χ0) is 12.2. The summed E-state index contributed by atoms with van der Waals surface area (Å²) in [6, 6.07) is 0. The molecule has 0 spiro atoms. The molecule has 0 amide bonds. The molecule has 0 aromatic heterocycles. The standard InChI is InChI=1S/C11H21NO3S/c1-10(2)5-7-16(14,15)12-6-3-4-11(8-12)9-13/h9-11H,3-8H2,1-2H3. The molecule has 1 aliphatic heterocycles. The van der Waals surface area contributed by atoms with Gasteiger partial charge in [0.15, 0.2) is 0 Å². The van der Waals surface area contributed by atoms with E-state index in [1.165, 1.54) is 4.31 Å². The predicted octanol–water partition coefficient (Wildman–Crippen LogP) is 1.27. The minimum atomic E-state index is -3.15. The van der Waals surface area contributed by atoms with Crippen LogP contribution in [0, 0.1) is 11.8 Å². The minimum absolute atomic E-state index is 0.109. The lowest BCUT2D eigenvalue weighted by molar-refractivity contribution is -0.112. The van der Waals surface area contributed by atoms with Crippen LogP contribution in [0.1, 0.15) is 33.1 Å². The van der Waals surface area contributed by atoms with Gasteiger partial charge in [0.05, 0.1) is 5.75 Å². The molecular weight excluding hydrogens is 226 g/mol. The molecule has 5 heteroatoms. The molecule has 4 nitrogen and oxygen atoms in total. The van der Waals surface area contributed by atoms with Gasteiger partial charge >= 0.3 is 0 Å². The molecule has 0 saturated carbocycles. The minimum Gasteiger partial charge on any atom is -0.303 e. The lowest BCUT2D eigenvalue weighted by Crippen LogP contribution is -2.41. The van der Waals surface area contributed by atoms with Crippen molar-refractivity contribution in [2.24, 2.45) is 11.8 Å². The van der Waals surface area contributed by atoms with Gasteiger partial charge in [-0.2, -0.15) is 0 Å². The van der Waals surface area contributed by atoms with Gasteiger partial charge in [0, 0.05) is 19.0 Å². The Bertz CT molecular complexity index is 324. The van der Waals surface area contributed by atoms with E-state index < -0.39 is 10.0 Å².